The molecule has 1 fully saturated rings. The molecule has 11 heavy (non-hydrogen) atoms. The average Bonchev–Trinajstić information content (AvgIpc) is 1.82. The Hall–Kier alpha value is 0.240. The van der Waals surface area contributed by atoms with Gasteiger partial charge in [0.1, 0.15) is 5.60 Å². The van der Waals surface area contributed by atoms with Crippen LogP contribution in [0.4, 0.5) is 4.79 Å². The quantitative estimate of drug-likeness (QED) is 0.561. The van der Waals surface area contributed by atoms with E-state index in [4.69, 9.17) is 16.3 Å². The molecule has 1 aliphatic carbocycles. The molecule has 0 aromatic heterocycles. The standard InChI is InChI=1S/C7H10BrClO2/c8-5-4-7(2-1-3-7)11-6(9)10/h1-5H2. The molecule has 0 radical (unpaired) electrons. The summed E-state index contributed by atoms with van der Waals surface area (Å²) in [7, 11) is 0. The first-order valence-corrected chi connectivity index (χ1v) is 5.13. The van der Waals surface area contributed by atoms with Crippen LogP contribution in [0.3, 0.4) is 0 Å². The summed E-state index contributed by atoms with van der Waals surface area (Å²) in [6, 6.07) is 0. The van der Waals surface area contributed by atoms with Crippen LogP contribution < -0.4 is 0 Å². The van der Waals surface area contributed by atoms with Crippen LogP contribution in [0.2, 0.25) is 0 Å². The van der Waals surface area contributed by atoms with Crippen molar-refractivity contribution in [2.75, 3.05) is 5.33 Å². The highest BCUT2D eigenvalue weighted by atomic mass is 79.9. The summed E-state index contributed by atoms with van der Waals surface area (Å²) in [5, 5.41) is 0.858. The van der Waals surface area contributed by atoms with Gasteiger partial charge in [0, 0.05) is 16.9 Å². The molecule has 0 heterocycles. The molecule has 64 valence electrons. The van der Waals surface area contributed by atoms with Gasteiger partial charge in [-0.25, -0.2) is 4.79 Å². The first-order chi connectivity index (χ1) is 5.18. The molecule has 0 unspecified atom stereocenters. The van der Waals surface area contributed by atoms with Gasteiger partial charge in [-0.05, 0) is 25.7 Å². The van der Waals surface area contributed by atoms with Crippen molar-refractivity contribution in [3.8, 4) is 0 Å². The highest BCUT2D eigenvalue weighted by molar-refractivity contribution is 9.09. The Morgan fingerprint density at radius 1 is 1.64 bits per heavy atom. The van der Waals surface area contributed by atoms with E-state index in [1.54, 1.807) is 0 Å². The predicted molar refractivity (Wildman–Crippen MR) is 47.3 cm³/mol. The Kier molecular flexibility index (Phi) is 3.19. The van der Waals surface area contributed by atoms with Gasteiger partial charge >= 0.3 is 5.43 Å². The first-order valence-electron chi connectivity index (χ1n) is 3.63. The van der Waals surface area contributed by atoms with Crippen LogP contribution in [0.5, 0.6) is 0 Å². The van der Waals surface area contributed by atoms with Gasteiger partial charge in [-0.1, -0.05) is 15.9 Å². The number of rotatable bonds is 3. The number of carbonyl (C=O) groups is 1. The minimum Gasteiger partial charge on any atom is -0.447 e. The maximum absolute atomic E-state index is 10.5. The fraction of sp³-hybridized carbons (Fsp3) is 0.857. The van der Waals surface area contributed by atoms with Crippen molar-refractivity contribution in [3.05, 3.63) is 0 Å². The van der Waals surface area contributed by atoms with Gasteiger partial charge in [-0.15, -0.1) is 0 Å². The van der Waals surface area contributed by atoms with Gasteiger partial charge in [0.15, 0.2) is 0 Å². The molecule has 0 atom stereocenters. The van der Waals surface area contributed by atoms with Gasteiger partial charge in [0.05, 0.1) is 0 Å². The Balaban J connectivity index is 2.39. The fourth-order valence-corrected chi connectivity index (χ4v) is 2.20. The van der Waals surface area contributed by atoms with Crippen molar-refractivity contribution in [2.45, 2.75) is 31.3 Å². The second-order valence-electron chi connectivity index (χ2n) is 2.82. The topological polar surface area (TPSA) is 26.3 Å². The largest absolute Gasteiger partial charge is 0.447 e. The maximum atomic E-state index is 10.5. The van der Waals surface area contributed by atoms with Crippen molar-refractivity contribution in [3.63, 3.8) is 0 Å². The zero-order valence-electron chi connectivity index (χ0n) is 6.11. The fourth-order valence-electron chi connectivity index (χ4n) is 1.32. The van der Waals surface area contributed by atoms with Crippen LogP contribution in [0.1, 0.15) is 25.7 Å². The molecule has 0 bridgehead atoms. The third kappa shape index (κ3) is 2.34. The second-order valence-corrected chi connectivity index (χ2v) is 3.92. The summed E-state index contributed by atoms with van der Waals surface area (Å²) in [5.41, 5.74) is -0.909. The van der Waals surface area contributed by atoms with Crippen LogP contribution in [0.25, 0.3) is 0 Å². The molecule has 0 saturated heterocycles. The number of carbonyl (C=O) groups excluding carboxylic acids is 1. The monoisotopic (exact) mass is 240 g/mol. The number of hydrogen-bond acceptors (Lipinski definition) is 2. The lowest BCUT2D eigenvalue weighted by molar-refractivity contribution is -0.0377. The van der Waals surface area contributed by atoms with Gasteiger partial charge in [0.25, 0.3) is 0 Å². The van der Waals surface area contributed by atoms with Gasteiger partial charge in [-0.3, -0.25) is 0 Å². The second kappa shape index (κ2) is 3.76. The highest BCUT2D eigenvalue weighted by Gasteiger charge is 2.39. The Morgan fingerprint density at radius 3 is 2.55 bits per heavy atom. The summed E-state index contributed by atoms with van der Waals surface area (Å²) < 4.78 is 5.01. The molecule has 0 aliphatic heterocycles. The van der Waals surface area contributed by atoms with Gasteiger partial charge in [-0.2, -0.15) is 0 Å². The van der Waals surface area contributed by atoms with Crippen LogP contribution >= 0.6 is 27.5 Å². The van der Waals surface area contributed by atoms with E-state index in [9.17, 15) is 4.79 Å². The van der Waals surface area contributed by atoms with Crippen molar-refractivity contribution in [1.29, 1.82) is 0 Å². The summed E-state index contributed by atoms with van der Waals surface area (Å²) in [6.07, 6.45) is 3.91. The Bertz CT molecular complexity index is 157. The minimum absolute atomic E-state index is 0.234. The first kappa shape index (κ1) is 9.33. The van der Waals surface area contributed by atoms with Crippen LogP contribution in [-0.2, 0) is 4.74 Å². The van der Waals surface area contributed by atoms with Crippen molar-refractivity contribution in [1.82, 2.24) is 0 Å². The van der Waals surface area contributed by atoms with E-state index in [0.29, 0.717) is 0 Å². The van der Waals surface area contributed by atoms with Crippen molar-refractivity contribution >= 4 is 33.0 Å². The maximum Gasteiger partial charge on any atom is 0.404 e. The molecule has 0 spiro atoms. The normalized spacial score (nSPS) is 20.5. The minimum atomic E-state index is -0.675. The predicted octanol–water partition coefficient (Wildman–Crippen LogP) is 3.07. The Morgan fingerprint density at radius 2 is 2.27 bits per heavy atom. The van der Waals surface area contributed by atoms with Crippen LogP contribution in [0, 0.1) is 0 Å². The van der Waals surface area contributed by atoms with Gasteiger partial charge < -0.3 is 4.74 Å². The van der Waals surface area contributed by atoms with E-state index < -0.39 is 5.43 Å². The smallest absolute Gasteiger partial charge is 0.404 e. The number of hydrogen-bond donors (Lipinski definition) is 0. The summed E-state index contributed by atoms with van der Waals surface area (Å²) in [4.78, 5) is 10.5. The summed E-state index contributed by atoms with van der Waals surface area (Å²) in [5.74, 6) is 0. The molecule has 0 amide bonds. The lowest BCUT2D eigenvalue weighted by Crippen LogP contribution is -2.41. The third-order valence-corrected chi connectivity index (χ3v) is 2.59. The molecule has 1 rings (SSSR count). The molecule has 0 N–H and O–H groups in total. The molecule has 0 aromatic carbocycles. The van der Waals surface area contributed by atoms with E-state index in [-0.39, 0.29) is 5.60 Å². The molecular formula is C7H10BrClO2. The number of halogens is 2. The third-order valence-electron chi connectivity index (χ3n) is 2.11. The van der Waals surface area contributed by atoms with E-state index in [1.165, 1.54) is 0 Å². The molecular weight excluding hydrogens is 231 g/mol. The molecule has 2 nitrogen and oxygen atoms in total. The van der Waals surface area contributed by atoms with Crippen molar-refractivity contribution in [2.24, 2.45) is 0 Å². The Labute approximate surface area is 79.4 Å². The van der Waals surface area contributed by atoms with Crippen molar-refractivity contribution < 1.29 is 9.53 Å². The zero-order valence-corrected chi connectivity index (χ0v) is 8.45. The van der Waals surface area contributed by atoms with E-state index >= 15 is 0 Å². The average molecular weight is 242 g/mol. The van der Waals surface area contributed by atoms with E-state index in [2.05, 4.69) is 15.9 Å². The lowest BCUT2D eigenvalue weighted by Gasteiger charge is -2.39. The molecule has 1 aliphatic rings. The zero-order chi connectivity index (χ0) is 8.32. The summed E-state index contributed by atoms with van der Waals surface area (Å²) in [6.45, 7) is 0. The highest BCUT2D eigenvalue weighted by Crippen LogP contribution is 2.39. The van der Waals surface area contributed by atoms with Gasteiger partial charge in [0.2, 0.25) is 0 Å². The number of alkyl halides is 1. The lowest BCUT2D eigenvalue weighted by atomic mass is 9.78. The number of ether oxygens (including phenoxy) is 1. The summed E-state index contributed by atoms with van der Waals surface area (Å²) >= 11 is 8.45. The van der Waals surface area contributed by atoms with E-state index in [1.807, 2.05) is 0 Å². The SMILES string of the molecule is O=C(Cl)OC1(CCBr)CCC1. The molecule has 1 saturated carbocycles. The van der Waals surface area contributed by atoms with Crippen LogP contribution in [-0.4, -0.2) is 16.4 Å². The van der Waals surface area contributed by atoms with E-state index in [0.717, 1.165) is 31.0 Å². The molecule has 0 aromatic rings. The molecule has 4 heteroatoms. The van der Waals surface area contributed by atoms with Crippen LogP contribution in [0.15, 0.2) is 0 Å².